The number of aliphatic hydroxyl groups is 1. The van der Waals surface area contributed by atoms with Gasteiger partial charge in [0.2, 0.25) is 0 Å². The van der Waals surface area contributed by atoms with Gasteiger partial charge in [0, 0.05) is 19.3 Å². The van der Waals surface area contributed by atoms with Gasteiger partial charge in [-0.25, -0.2) is 0 Å². The van der Waals surface area contributed by atoms with E-state index in [1.165, 1.54) is 0 Å². The molecule has 2 rings (SSSR count). The van der Waals surface area contributed by atoms with Gasteiger partial charge in [-0.15, -0.1) is 0 Å². The Bertz CT molecular complexity index is 307. The minimum absolute atomic E-state index is 0.0410. The number of rotatable bonds is 4. The van der Waals surface area contributed by atoms with Gasteiger partial charge in [0.05, 0.1) is 12.6 Å². The molecule has 2 unspecified atom stereocenters. The van der Waals surface area contributed by atoms with E-state index in [4.69, 9.17) is 4.74 Å². The van der Waals surface area contributed by atoms with Gasteiger partial charge < -0.3 is 15.2 Å². The van der Waals surface area contributed by atoms with Gasteiger partial charge in [-0.05, 0) is 24.8 Å². The number of hydrogen-bond acceptors (Lipinski definition) is 3. The Balaban J connectivity index is 1.94. The number of nitrogens with one attached hydrogen (secondary N) is 1. The van der Waals surface area contributed by atoms with E-state index in [0.29, 0.717) is 6.04 Å². The topological polar surface area (TPSA) is 41.5 Å². The molecule has 0 radical (unpaired) electrons. The van der Waals surface area contributed by atoms with Crippen LogP contribution >= 0.6 is 0 Å². The Morgan fingerprint density at radius 1 is 1.24 bits per heavy atom. The molecule has 0 bridgehead atoms. The van der Waals surface area contributed by atoms with E-state index < -0.39 is 0 Å². The molecule has 1 saturated heterocycles. The fourth-order valence-electron chi connectivity index (χ4n) is 2.29. The summed E-state index contributed by atoms with van der Waals surface area (Å²) in [6.07, 6.45) is 3.26. The van der Waals surface area contributed by atoms with Crippen LogP contribution in [0.3, 0.4) is 0 Å². The van der Waals surface area contributed by atoms with Crippen LogP contribution in [0.15, 0.2) is 30.3 Å². The van der Waals surface area contributed by atoms with E-state index in [2.05, 4.69) is 17.4 Å². The molecule has 2 N–H and O–H groups in total. The minimum Gasteiger partial charge on any atom is -0.394 e. The largest absolute Gasteiger partial charge is 0.394 e. The molecule has 17 heavy (non-hydrogen) atoms. The lowest BCUT2D eigenvalue weighted by Crippen LogP contribution is -2.34. The summed E-state index contributed by atoms with van der Waals surface area (Å²) >= 11 is 0. The van der Waals surface area contributed by atoms with Crippen molar-refractivity contribution in [2.24, 2.45) is 0 Å². The third-order valence-corrected chi connectivity index (χ3v) is 3.27. The van der Waals surface area contributed by atoms with Gasteiger partial charge in [0.25, 0.3) is 0 Å². The first-order chi connectivity index (χ1) is 8.40. The Kier molecular flexibility index (Phi) is 4.98. The Labute approximate surface area is 103 Å². The Morgan fingerprint density at radius 2 is 2.06 bits per heavy atom. The van der Waals surface area contributed by atoms with E-state index in [1.807, 2.05) is 18.2 Å². The smallest absolute Gasteiger partial charge is 0.0626 e. The van der Waals surface area contributed by atoms with Crippen LogP contribution in [-0.2, 0) is 4.74 Å². The summed E-state index contributed by atoms with van der Waals surface area (Å²) in [5.74, 6) is 0. The molecule has 1 aliphatic heterocycles. The zero-order valence-corrected chi connectivity index (χ0v) is 10.1. The lowest BCUT2D eigenvalue weighted by Gasteiger charge is -2.23. The molecular weight excluding hydrogens is 214 g/mol. The molecule has 0 aromatic heterocycles. The fraction of sp³-hybridized carbons (Fsp3) is 0.571. The van der Waals surface area contributed by atoms with E-state index in [1.54, 1.807) is 0 Å². The summed E-state index contributed by atoms with van der Waals surface area (Å²) in [4.78, 5) is 0. The first-order valence-electron chi connectivity index (χ1n) is 6.40. The molecule has 3 heteroatoms. The normalized spacial score (nSPS) is 23.0. The molecule has 0 spiro atoms. The predicted molar refractivity (Wildman–Crippen MR) is 67.9 cm³/mol. The summed E-state index contributed by atoms with van der Waals surface area (Å²) < 4.78 is 5.44. The maximum Gasteiger partial charge on any atom is 0.0626 e. The molecule has 0 aliphatic carbocycles. The van der Waals surface area contributed by atoms with Crippen molar-refractivity contribution in [3.05, 3.63) is 35.9 Å². The quantitative estimate of drug-likeness (QED) is 0.837. The molecule has 1 aromatic rings. The van der Waals surface area contributed by atoms with Crippen molar-refractivity contribution in [1.82, 2.24) is 5.32 Å². The molecule has 2 atom stereocenters. The highest BCUT2D eigenvalue weighted by atomic mass is 16.5. The zero-order valence-electron chi connectivity index (χ0n) is 10.1. The molecule has 0 amide bonds. The average Bonchev–Trinajstić information content (AvgIpc) is 2.65. The van der Waals surface area contributed by atoms with Crippen molar-refractivity contribution in [2.75, 3.05) is 19.8 Å². The van der Waals surface area contributed by atoms with E-state index in [0.717, 1.165) is 38.0 Å². The maximum absolute atomic E-state index is 9.49. The Morgan fingerprint density at radius 3 is 2.82 bits per heavy atom. The summed E-state index contributed by atoms with van der Waals surface area (Å²) in [6, 6.07) is 10.6. The molecule has 3 nitrogen and oxygen atoms in total. The SMILES string of the molecule is OCC(NC1CCCOCC1)c1ccccc1. The molecule has 1 aliphatic rings. The molecule has 1 fully saturated rings. The van der Waals surface area contributed by atoms with Gasteiger partial charge in [-0.1, -0.05) is 30.3 Å². The van der Waals surface area contributed by atoms with Crippen molar-refractivity contribution in [3.8, 4) is 0 Å². The van der Waals surface area contributed by atoms with Crippen LogP contribution in [0, 0.1) is 0 Å². The first kappa shape index (κ1) is 12.6. The monoisotopic (exact) mass is 235 g/mol. The highest BCUT2D eigenvalue weighted by Gasteiger charge is 2.17. The number of ether oxygens (including phenoxy) is 1. The fourth-order valence-corrected chi connectivity index (χ4v) is 2.29. The van der Waals surface area contributed by atoms with Crippen LogP contribution in [0.1, 0.15) is 30.9 Å². The molecular formula is C14H21NO2. The van der Waals surface area contributed by atoms with Crippen molar-refractivity contribution < 1.29 is 9.84 Å². The second kappa shape index (κ2) is 6.74. The Hall–Kier alpha value is -0.900. The highest BCUT2D eigenvalue weighted by Crippen LogP contribution is 2.16. The second-order valence-corrected chi connectivity index (χ2v) is 4.55. The second-order valence-electron chi connectivity index (χ2n) is 4.55. The van der Waals surface area contributed by atoms with Gasteiger partial charge in [-0.3, -0.25) is 0 Å². The van der Waals surface area contributed by atoms with Crippen molar-refractivity contribution in [2.45, 2.75) is 31.3 Å². The lowest BCUT2D eigenvalue weighted by molar-refractivity contribution is 0.141. The summed E-state index contributed by atoms with van der Waals surface area (Å²) in [5, 5.41) is 13.0. The molecule has 0 saturated carbocycles. The zero-order chi connectivity index (χ0) is 11.9. The van der Waals surface area contributed by atoms with Crippen LogP contribution in [0.2, 0.25) is 0 Å². The van der Waals surface area contributed by atoms with Crippen LogP contribution in [0.4, 0.5) is 0 Å². The van der Waals surface area contributed by atoms with E-state index in [9.17, 15) is 5.11 Å². The molecule has 1 aromatic carbocycles. The maximum atomic E-state index is 9.49. The van der Waals surface area contributed by atoms with Crippen LogP contribution in [0.25, 0.3) is 0 Å². The standard InChI is InChI=1S/C14H21NO2/c16-11-14(12-5-2-1-3-6-12)15-13-7-4-9-17-10-8-13/h1-3,5-6,13-16H,4,7-11H2. The third kappa shape index (κ3) is 3.80. The minimum atomic E-state index is 0.0410. The van der Waals surface area contributed by atoms with Crippen LogP contribution in [-0.4, -0.2) is 31.0 Å². The van der Waals surface area contributed by atoms with Crippen LogP contribution in [0.5, 0.6) is 0 Å². The third-order valence-electron chi connectivity index (χ3n) is 3.27. The summed E-state index contributed by atoms with van der Waals surface area (Å²) in [6.45, 7) is 1.83. The van der Waals surface area contributed by atoms with Gasteiger partial charge >= 0.3 is 0 Å². The van der Waals surface area contributed by atoms with Gasteiger partial charge in [0.15, 0.2) is 0 Å². The predicted octanol–water partition coefficient (Wildman–Crippen LogP) is 1.88. The lowest BCUT2D eigenvalue weighted by atomic mass is 10.0. The van der Waals surface area contributed by atoms with Crippen LogP contribution < -0.4 is 5.32 Å². The van der Waals surface area contributed by atoms with Crippen molar-refractivity contribution in [1.29, 1.82) is 0 Å². The molecule has 1 heterocycles. The van der Waals surface area contributed by atoms with E-state index in [-0.39, 0.29) is 12.6 Å². The first-order valence-corrected chi connectivity index (χ1v) is 6.40. The summed E-state index contributed by atoms with van der Waals surface area (Å²) in [5.41, 5.74) is 1.15. The number of hydrogen-bond donors (Lipinski definition) is 2. The van der Waals surface area contributed by atoms with Crippen molar-refractivity contribution in [3.63, 3.8) is 0 Å². The average molecular weight is 235 g/mol. The number of aliphatic hydroxyl groups excluding tert-OH is 1. The van der Waals surface area contributed by atoms with Crippen molar-refractivity contribution >= 4 is 0 Å². The summed E-state index contributed by atoms with van der Waals surface area (Å²) in [7, 11) is 0. The number of benzene rings is 1. The highest BCUT2D eigenvalue weighted by molar-refractivity contribution is 5.19. The van der Waals surface area contributed by atoms with Gasteiger partial charge in [-0.2, -0.15) is 0 Å². The van der Waals surface area contributed by atoms with E-state index >= 15 is 0 Å². The van der Waals surface area contributed by atoms with Gasteiger partial charge in [0.1, 0.15) is 0 Å². The molecule has 94 valence electrons.